The van der Waals surface area contributed by atoms with Crippen molar-refractivity contribution >= 4 is 28.6 Å². The predicted molar refractivity (Wildman–Crippen MR) is 105 cm³/mol. The van der Waals surface area contributed by atoms with Crippen molar-refractivity contribution in [2.45, 2.75) is 5.54 Å². The largest absolute Gasteiger partial charge is 0.462 e. The van der Waals surface area contributed by atoms with Gasteiger partial charge in [-0.15, -0.1) is 0 Å². The van der Waals surface area contributed by atoms with Gasteiger partial charge in [-0.2, -0.15) is 13.8 Å². The lowest BCUT2D eigenvalue weighted by atomic mass is 9.81. The van der Waals surface area contributed by atoms with Gasteiger partial charge >= 0.3 is 0 Å². The summed E-state index contributed by atoms with van der Waals surface area (Å²) in [5.74, 6) is -0.691. The third kappa shape index (κ3) is 2.45. The average Bonchev–Trinajstić information content (AvgIpc) is 3.07. The van der Waals surface area contributed by atoms with Gasteiger partial charge in [-0.05, 0) is 58.5 Å². The second kappa shape index (κ2) is 6.09. The van der Waals surface area contributed by atoms with Crippen molar-refractivity contribution < 1.29 is 18.3 Å². The molecule has 2 aliphatic rings. The Kier molecular flexibility index (Phi) is 3.76. The van der Waals surface area contributed by atoms with Crippen molar-refractivity contribution in [2.75, 3.05) is 6.61 Å². The van der Waals surface area contributed by atoms with E-state index in [1.807, 2.05) is 22.6 Å². The molecule has 4 heterocycles. The first-order chi connectivity index (χ1) is 13.5. The van der Waals surface area contributed by atoms with Gasteiger partial charge in [0.1, 0.15) is 12.4 Å². The number of benzene rings is 1. The molecule has 0 amide bonds. The van der Waals surface area contributed by atoms with Gasteiger partial charge in [-0.1, -0.05) is 6.07 Å². The molecular weight excluding hydrogens is 481 g/mol. The summed E-state index contributed by atoms with van der Waals surface area (Å²) in [5.41, 5.74) is 6.87. The number of nitrogens with zero attached hydrogens (tertiary/aromatic N) is 3. The number of hydrogen-bond donors (Lipinski definition) is 1. The smallest absolute Gasteiger partial charge is 0.283 e. The SMILES string of the molecule is NC1=N[C@@]2(CO1)c1cc(-c3cccnc3F)ccc1Oc1nc(F)c(I)cc12. The number of fused-ring (bicyclic) bond motifs is 4. The van der Waals surface area contributed by atoms with Gasteiger partial charge in [0.25, 0.3) is 6.02 Å². The molecule has 0 saturated heterocycles. The predicted octanol–water partition coefficient (Wildman–Crippen LogP) is 3.72. The highest BCUT2D eigenvalue weighted by Gasteiger charge is 2.48. The van der Waals surface area contributed by atoms with E-state index in [1.54, 1.807) is 36.4 Å². The van der Waals surface area contributed by atoms with Crippen LogP contribution in [0.1, 0.15) is 11.1 Å². The van der Waals surface area contributed by atoms with Crippen molar-refractivity contribution in [3.05, 3.63) is 69.2 Å². The Bertz CT molecular complexity index is 1170. The van der Waals surface area contributed by atoms with E-state index >= 15 is 0 Å². The summed E-state index contributed by atoms with van der Waals surface area (Å²) in [6.45, 7) is 0.102. The highest BCUT2D eigenvalue weighted by atomic mass is 127. The van der Waals surface area contributed by atoms with E-state index in [-0.39, 0.29) is 18.5 Å². The molecule has 0 saturated carbocycles. The first-order valence-corrected chi connectivity index (χ1v) is 9.34. The molecule has 5 rings (SSSR count). The Morgan fingerprint density at radius 2 is 1.96 bits per heavy atom. The number of hydrogen-bond acceptors (Lipinski definition) is 6. The van der Waals surface area contributed by atoms with E-state index in [0.717, 1.165) is 0 Å². The van der Waals surface area contributed by atoms with Crippen LogP contribution in [0, 0.1) is 15.5 Å². The zero-order valence-corrected chi connectivity index (χ0v) is 16.3. The van der Waals surface area contributed by atoms with Crippen LogP contribution in [0.15, 0.2) is 47.6 Å². The normalized spacial score (nSPS) is 19.5. The number of aromatic nitrogens is 2. The van der Waals surface area contributed by atoms with Crippen molar-refractivity contribution in [1.29, 1.82) is 0 Å². The Labute approximate surface area is 171 Å². The third-order valence-electron chi connectivity index (χ3n) is 4.78. The van der Waals surface area contributed by atoms with Crippen molar-refractivity contribution in [3.63, 3.8) is 0 Å². The first kappa shape index (κ1) is 17.3. The van der Waals surface area contributed by atoms with Crippen LogP contribution in [0.4, 0.5) is 8.78 Å². The molecule has 2 aliphatic heterocycles. The van der Waals surface area contributed by atoms with E-state index in [0.29, 0.717) is 31.6 Å². The molecule has 9 heteroatoms. The molecule has 140 valence electrons. The number of aliphatic imine (C=N–C) groups is 1. The van der Waals surface area contributed by atoms with E-state index in [2.05, 4.69) is 15.0 Å². The summed E-state index contributed by atoms with van der Waals surface area (Å²) in [6, 6.07) is 10.0. The van der Waals surface area contributed by atoms with Gasteiger partial charge in [0.15, 0.2) is 5.54 Å². The summed E-state index contributed by atoms with van der Waals surface area (Å²) in [7, 11) is 0. The summed E-state index contributed by atoms with van der Waals surface area (Å²) in [5, 5.41) is 0. The van der Waals surface area contributed by atoms with Crippen molar-refractivity contribution in [3.8, 4) is 22.8 Å². The summed E-state index contributed by atoms with van der Waals surface area (Å²) >= 11 is 1.85. The maximum Gasteiger partial charge on any atom is 0.283 e. The number of halogens is 3. The van der Waals surface area contributed by atoms with Crippen LogP contribution < -0.4 is 10.5 Å². The van der Waals surface area contributed by atoms with E-state index in [1.165, 1.54) is 6.20 Å². The quantitative estimate of drug-likeness (QED) is 0.414. The molecule has 1 spiro atoms. The average molecular weight is 492 g/mol. The lowest BCUT2D eigenvalue weighted by molar-refractivity contribution is 0.261. The van der Waals surface area contributed by atoms with Crippen molar-refractivity contribution in [1.82, 2.24) is 9.97 Å². The number of ether oxygens (including phenoxy) is 2. The molecule has 6 nitrogen and oxygen atoms in total. The monoisotopic (exact) mass is 492 g/mol. The van der Waals surface area contributed by atoms with E-state index in [4.69, 9.17) is 15.2 Å². The number of nitrogens with two attached hydrogens (primary N) is 1. The maximum atomic E-state index is 14.2. The van der Waals surface area contributed by atoms with Crippen molar-refractivity contribution in [2.24, 2.45) is 10.7 Å². The maximum absolute atomic E-state index is 14.2. The fraction of sp³-hybridized carbons (Fsp3) is 0.105. The molecule has 0 aliphatic carbocycles. The highest BCUT2D eigenvalue weighted by Crippen LogP contribution is 2.51. The van der Waals surface area contributed by atoms with E-state index in [9.17, 15) is 8.78 Å². The van der Waals surface area contributed by atoms with Gasteiger partial charge in [-0.3, -0.25) is 0 Å². The zero-order chi connectivity index (χ0) is 19.5. The molecule has 2 aromatic heterocycles. The minimum Gasteiger partial charge on any atom is -0.462 e. The van der Waals surface area contributed by atoms with Crippen LogP contribution in [-0.4, -0.2) is 22.6 Å². The Morgan fingerprint density at radius 1 is 1.11 bits per heavy atom. The Hall–Kier alpha value is -2.82. The lowest BCUT2D eigenvalue weighted by Gasteiger charge is -2.33. The standard InChI is InChI=1S/C19H11F2IN4O2/c20-15-10(2-1-5-24-15)9-3-4-14-11(6-9)19(8-27-18(23)26-19)12-7-13(22)16(21)25-17(12)28-14/h1-7H,8H2,(H2,23,26)/t19-/m0/s1. The van der Waals surface area contributed by atoms with Gasteiger partial charge in [-0.25, -0.2) is 9.98 Å². The van der Waals surface area contributed by atoms with Crippen LogP contribution in [-0.2, 0) is 10.3 Å². The van der Waals surface area contributed by atoms with Crippen LogP contribution in [0.5, 0.6) is 11.6 Å². The molecule has 0 fully saturated rings. The second-order valence-corrected chi connectivity index (χ2v) is 7.53. The minimum absolute atomic E-state index is 0.0103. The van der Waals surface area contributed by atoms with Gasteiger partial charge in [0.05, 0.1) is 9.13 Å². The molecular formula is C19H11F2IN4O2. The second-order valence-electron chi connectivity index (χ2n) is 6.37. The topological polar surface area (TPSA) is 82.6 Å². The molecule has 0 radical (unpaired) electrons. The fourth-order valence-electron chi connectivity index (χ4n) is 3.49. The minimum atomic E-state index is -1.05. The Balaban J connectivity index is 1.77. The van der Waals surface area contributed by atoms with Gasteiger partial charge < -0.3 is 15.2 Å². The van der Waals surface area contributed by atoms with Gasteiger partial charge in [0, 0.05) is 17.3 Å². The molecule has 2 N–H and O–H groups in total. The number of amidine groups is 1. The van der Waals surface area contributed by atoms with Crippen LogP contribution >= 0.6 is 22.6 Å². The molecule has 0 unspecified atom stereocenters. The van der Waals surface area contributed by atoms with Crippen LogP contribution in [0.2, 0.25) is 0 Å². The highest BCUT2D eigenvalue weighted by molar-refractivity contribution is 14.1. The lowest BCUT2D eigenvalue weighted by Crippen LogP contribution is -2.32. The van der Waals surface area contributed by atoms with Crippen LogP contribution in [0.3, 0.4) is 0 Å². The summed E-state index contributed by atoms with van der Waals surface area (Å²) in [6.07, 6.45) is 1.38. The molecule has 28 heavy (non-hydrogen) atoms. The van der Waals surface area contributed by atoms with Crippen LogP contribution in [0.25, 0.3) is 11.1 Å². The number of rotatable bonds is 1. The molecule has 1 atom stereocenters. The van der Waals surface area contributed by atoms with Gasteiger partial charge in [0.2, 0.25) is 17.8 Å². The zero-order valence-electron chi connectivity index (χ0n) is 14.1. The molecule has 0 bridgehead atoms. The number of pyridine rings is 2. The third-order valence-corrected chi connectivity index (χ3v) is 5.53. The molecule has 3 aromatic rings. The summed E-state index contributed by atoms with van der Waals surface area (Å²) in [4.78, 5) is 12.1. The first-order valence-electron chi connectivity index (χ1n) is 8.26. The molecule has 1 aromatic carbocycles. The fourth-order valence-corrected chi connectivity index (χ4v) is 3.92. The summed E-state index contributed by atoms with van der Waals surface area (Å²) < 4.78 is 39.8. The van der Waals surface area contributed by atoms with E-state index < -0.39 is 17.4 Å². The Morgan fingerprint density at radius 3 is 2.71 bits per heavy atom.